The fraction of sp³-hybridized carbons (Fsp3) is 0.318. The maximum absolute atomic E-state index is 4.26. The Morgan fingerprint density at radius 1 is 1.08 bits per heavy atom. The Labute approximate surface area is 156 Å². The molecule has 3 rings (SSSR count). The monoisotopic (exact) mass is 348 g/mol. The SMILES string of the molecule is CC(NCc1ccccc1-c1ccc(CN(C)C)cc1)c1cnn(C)c1. The highest BCUT2D eigenvalue weighted by atomic mass is 15.2. The molecule has 1 unspecified atom stereocenters. The van der Waals surface area contributed by atoms with Crippen molar-refractivity contribution in [2.45, 2.75) is 26.1 Å². The van der Waals surface area contributed by atoms with E-state index in [1.165, 1.54) is 27.8 Å². The molecule has 4 nitrogen and oxygen atoms in total. The number of hydrogen-bond donors (Lipinski definition) is 1. The van der Waals surface area contributed by atoms with Crippen LogP contribution in [-0.2, 0) is 20.1 Å². The van der Waals surface area contributed by atoms with Gasteiger partial charge in [-0.05, 0) is 43.3 Å². The van der Waals surface area contributed by atoms with Crippen molar-refractivity contribution in [1.29, 1.82) is 0 Å². The van der Waals surface area contributed by atoms with Gasteiger partial charge >= 0.3 is 0 Å². The van der Waals surface area contributed by atoms with Gasteiger partial charge in [-0.3, -0.25) is 4.68 Å². The van der Waals surface area contributed by atoms with Crippen LogP contribution in [0, 0.1) is 0 Å². The zero-order valence-corrected chi connectivity index (χ0v) is 16.1. The van der Waals surface area contributed by atoms with Crippen LogP contribution in [0.5, 0.6) is 0 Å². The molecule has 1 atom stereocenters. The van der Waals surface area contributed by atoms with Gasteiger partial charge in [-0.2, -0.15) is 5.10 Å². The van der Waals surface area contributed by atoms with Gasteiger partial charge in [-0.15, -0.1) is 0 Å². The molecule has 1 N–H and O–H groups in total. The van der Waals surface area contributed by atoms with E-state index in [9.17, 15) is 0 Å². The molecule has 0 saturated carbocycles. The van der Waals surface area contributed by atoms with E-state index in [1.807, 2.05) is 17.9 Å². The van der Waals surface area contributed by atoms with Crippen LogP contribution in [0.2, 0.25) is 0 Å². The fourth-order valence-corrected chi connectivity index (χ4v) is 3.16. The molecule has 0 amide bonds. The standard InChI is InChI=1S/C22H28N4/c1-17(21-14-24-26(4)16-21)23-13-20-7-5-6-8-22(20)19-11-9-18(10-12-19)15-25(2)3/h5-12,14,16-17,23H,13,15H2,1-4H3. The number of nitrogens with one attached hydrogen (secondary N) is 1. The molecule has 0 radical (unpaired) electrons. The molecule has 3 aromatic rings. The molecule has 0 spiro atoms. The Hall–Kier alpha value is -2.43. The molecular weight excluding hydrogens is 320 g/mol. The van der Waals surface area contributed by atoms with E-state index >= 15 is 0 Å². The van der Waals surface area contributed by atoms with Crippen LogP contribution >= 0.6 is 0 Å². The van der Waals surface area contributed by atoms with E-state index in [0.717, 1.165) is 13.1 Å². The molecule has 0 aliphatic heterocycles. The minimum atomic E-state index is 0.263. The van der Waals surface area contributed by atoms with Crippen molar-refractivity contribution in [3.63, 3.8) is 0 Å². The third-order valence-corrected chi connectivity index (χ3v) is 4.60. The summed E-state index contributed by atoms with van der Waals surface area (Å²) >= 11 is 0. The van der Waals surface area contributed by atoms with Gasteiger partial charge in [0.15, 0.2) is 0 Å². The van der Waals surface area contributed by atoms with Crippen molar-refractivity contribution in [1.82, 2.24) is 20.0 Å². The first kappa shape index (κ1) is 18.4. The predicted octanol–water partition coefficient (Wildman–Crippen LogP) is 4.00. The van der Waals surface area contributed by atoms with Crippen molar-refractivity contribution >= 4 is 0 Å². The number of benzene rings is 2. The van der Waals surface area contributed by atoms with Crippen molar-refractivity contribution in [3.05, 3.63) is 77.6 Å². The third-order valence-electron chi connectivity index (χ3n) is 4.60. The summed E-state index contributed by atoms with van der Waals surface area (Å²) in [5.74, 6) is 0. The summed E-state index contributed by atoms with van der Waals surface area (Å²) in [5, 5.41) is 7.88. The van der Waals surface area contributed by atoms with Gasteiger partial charge in [0, 0.05) is 37.9 Å². The first-order chi connectivity index (χ1) is 12.5. The van der Waals surface area contributed by atoms with Crippen LogP contribution in [0.4, 0.5) is 0 Å². The molecule has 1 heterocycles. The number of aryl methyl sites for hydroxylation is 1. The summed E-state index contributed by atoms with van der Waals surface area (Å²) in [5.41, 5.74) is 6.40. The van der Waals surface area contributed by atoms with E-state index in [2.05, 4.69) is 91.1 Å². The Morgan fingerprint density at radius 3 is 2.46 bits per heavy atom. The Morgan fingerprint density at radius 2 is 1.81 bits per heavy atom. The van der Waals surface area contributed by atoms with Crippen molar-refractivity contribution in [2.24, 2.45) is 7.05 Å². The summed E-state index contributed by atoms with van der Waals surface area (Å²) in [7, 11) is 6.14. The maximum atomic E-state index is 4.26. The van der Waals surface area contributed by atoms with E-state index in [4.69, 9.17) is 0 Å². The zero-order chi connectivity index (χ0) is 18.5. The van der Waals surface area contributed by atoms with Gasteiger partial charge in [-0.25, -0.2) is 0 Å². The van der Waals surface area contributed by atoms with Gasteiger partial charge in [0.2, 0.25) is 0 Å². The summed E-state index contributed by atoms with van der Waals surface area (Å²) in [6.45, 7) is 3.97. The highest BCUT2D eigenvalue weighted by Crippen LogP contribution is 2.25. The molecule has 2 aromatic carbocycles. The van der Waals surface area contributed by atoms with Gasteiger partial charge in [0.05, 0.1) is 6.20 Å². The molecule has 0 saturated heterocycles. The van der Waals surface area contributed by atoms with Crippen LogP contribution in [-0.4, -0.2) is 28.8 Å². The second-order valence-electron chi connectivity index (χ2n) is 7.14. The lowest BCUT2D eigenvalue weighted by molar-refractivity contribution is 0.402. The van der Waals surface area contributed by atoms with Crippen LogP contribution in [0.25, 0.3) is 11.1 Å². The summed E-state index contributed by atoms with van der Waals surface area (Å²) < 4.78 is 1.84. The van der Waals surface area contributed by atoms with Gasteiger partial charge in [0.1, 0.15) is 0 Å². The second kappa shape index (κ2) is 8.30. The van der Waals surface area contributed by atoms with Crippen molar-refractivity contribution in [3.8, 4) is 11.1 Å². The second-order valence-corrected chi connectivity index (χ2v) is 7.14. The van der Waals surface area contributed by atoms with Crippen LogP contribution < -0.4 is 5.32 Å². The highest BCUT2D eigenvalue weighted by Gasteiger charge is 2.09. The number of aromatic nitrogens is 2. The van der Waals surface area contributed by atoms with Crippen LogP contribution in [0.15, 0.2) is 60.9 Å². The fourth-order valence-electron chi connectivity index (χ4n) is 3.16. The quantitative estimate of drug-likeness (QED) is 0.700. The predicted molar refractivity (Wildman–Crippen MR) is 108 cm³/mol. The van der Waals surface area contributed by atoms with E-state index in [1.54, 1.807) is 0 Å². The highest BCUT2D eigenvalue weighted by molar-refractivity contribution is 5.67. The molecule has 0 aliphatic carbocycles. The Balaban J connectivity index is 1.73. The molecule has 0 fully saturated rings. The molecule has 26 heavy (non-hydrogen) atoms. The number of hydrogen-bond acceptors (Lipinski definition) is 3. The minimum Gasteiger partial charge on any atom is -0.306 e. The first-order valence-electron chi connectivity index (χ1n) is 9.07. The maximum Gasteiger partial charge on any atom is 0.0537 e. The summed E-state index contributed by atoms with van der Waals surface area (Å²) in [6.07, 6.45) is 3.99. The topological polar surface area (TPSA) is 33.1 Å². The molecule has 136 valence electrons. The third kappa shape index (κ3) is 4.59. The van der Waals surface area contributed by atoms with Gasteiger partial charge in [-0.1, -0.05) is 48.5 Å². The average Bonchev–Trinajstić information content (AvgIpc) is 3.07. The Bertz CT molecular complexity index is 833. The molecule has 0 aliphatic rings. The van der Waals surface area contributed by atoms with E-state index in [-0.39, 0.29) is 6.04 Å². The lowest BCUT2D eigenvalue weighted by Crippen LogP contribution is -2.18. The molecule has 1 aromatic heterocycles. The number of rotatable bonds is 7. The van der Waals surface area contributed by atoms with Gasteiger partial charge in [0.25, 0.3) is 0 Å². The molecule has 0 bridgehead atoms. The smallest absolute Gasteiger partial charge is 0.0537 e. The number of nitrogens with zero attached hydrogens (tertiary/aromatic N) is 3. The van der Waals surface area contributed by atoms with Crippen molar-refractivity contribution in [2.75, 3.05) is 14.1 Å². The van der Waals surface area contributed by atoms with E-state index in [0.29, 0.717) is 0 Å². The zero-order valence-electron chi connectivity index (χ0n) is 16.1. The van der Waals surface area contributed by atoms with Gasteiger partial charge < -0.3 is 10.2 Å². The Kier molecular flexibility index (Phi) is 5.86. The normalized spacial score (nSPS) is 12.5. The van der Waals surface area contributed by atoms with Crippen molar-refractivity contribution < 1.29 is 0 Å². The summed E-state index contributed by atoms with van der Waals surface area (Å²) in [6, 6.07) is 17.8. The largest absolute Gasteiger partial charge is 0.306 e. The first-order valence-corrected chi connectivity index (χ1v) is 9.07. The summed E-state index contributed by atoms with van der Waals surface area (Å²) in [4.78, 5) is 2.19. The minimum absolute atomic E-state index is 0.263. The lowest BCUT2D eigenvalue weighted by atomic mass is 9.98. The van der Waals surface area contributed by atoms with E-state index < -0.39 is 0 Å². The van der Waals surface area contributed by atoms with Crippen LogP contribution in [0.3, 0.4) is 0 Å². The average molecular weight is 348 g/mol. The van der Waals surface area contributed by atoms with Crippen LogP contribution in [0.1, 0.15) is 29.7 Å². The molecular formula is C22H28N4. The lowest BCUT2D eigenvalue weighted by Gasteiger charge is -2.15. The molecule has 4 heteroatoms.